The molecule has 1 fully saturated rings. The van der Waals surface area contributed by atoms with Crippen molar-refractivity contribution >= 4 is 21.6 Å². The predicted octanol–water partition coefficient (Wildman–Crippen LogP) is 2.50. The van der Waals surface area contributed by atoms with E-state index in [0.29, 0.717) is 25.9 Å². The van der Waals surface area contributed by atoms with Gasteiger partial charge in [0.15, 0.2) is 5.03 Å². The molecule has 3 rings (SSSR count). The first-order valence-electron chi connectivity index (χ1n) is 9.36. The van der Waals surface area contributed by atoms with E-state index in [0.717, 1.165) is 17.7 Å². The van der Waals surface area contributed by atoms with Crippen LogP contribution in [0.2, 0.25) is 0 Å². The van der Waals surface area contributed by atoms with E-state index >= 15 is 0 Å². The third-order valence-electron chi connectivity index (χ3n) is 4.99. The molecular weight excluding hydrogens is 364 g/mol. The second-order valence-electron chi connectivity index (χ2n) is 6.74. The summed E-state index contributed by atoms with van der Waals surface area (Å²) in [5.41, 5.74) is 1.86. The molecule has 0 spiro atoms. The number of hydrogen-bond donors (Lipinski definition) is 1. The molecule has 1 aliphatic rings. The quantitative estimate of drug-likeness (QED) is 0.821. The van der Waals surface area contributed by atoms with Crippen molar-refractivity contribution in [3.05, 3.63) is 42.4 Å². The molecule has 1 aliphatic heterocycles. The molecule has 0 bridgehead atoms. The van der Waals surface area contributed by atoms with Gasteiger partial charge in [-0.25, -0.2) is 13.4 Å². The van der Waals surface area contributed by atoms with Crippen molar-refractivity contribution in [2.75, 3.05) is 18.4 Å². The number of aryl methyl sites for hydroxylation is 2. The van der Waals surface area contributed by atoms with Crippen LogP contribution in [0, 0.1) is 5.92 Å². The Balaban J connectivity index is 1.72. The fourth-order valence-electron chi connectivity index (χ4n) is 3.34. The highest BCUT2D eigenvalue weighted by molar-refractivity contribution is 7.89. The van der Waals surface area contributed by atoms with Gasteiger partial charge in [0.1, 0.15) is 0 Å². The molecular formula is C19H26N4O3S. The number of imidazole rings is 1. The van der Waals surface area contributed by atoms with Gasteiger partial charge >= 0.3 is 0 Å². The summed E-state index contributed by atoms with van der Waals surface area (Å²) in [6, 6.07) is 7.69. The number of carbonyl (C=O) groups excluding carboxylic acids is 1. The number of rotatable bonds is 6. The van der Waals surface area contributed by atoms with E-state index in [9.17, 15) is 13.2 Å². The van der Waals surface area contributed by atoms with Crippen molar-refractivity contribution in [2.24, 2.45) is 5.92 Å². The van der Waals surface area contributed by atoms with Gasteiger partial charge in [0.2, 0.25) is 5.91 Å². The molecule has 0 unspecified atom stereocenters. The Morgan fingerprint density at radius 1 is 1.30 bits per heavy atom. The number of sulfonamides is 1. The molecule has 1 saturated heterocycles. The summed E-state index contributed by atoms with van der Waals surface area (Å²) in [5.74, 6) is -0.499. The Morgan fingerprint density at radius 3 is 2.78 bits per heavy atom. The van der Waals surface area contributed by atoms with Crippen LogP contribution in [-0.4, -0.2) is 41.3 Å². The SMILES string of the molecule is CCc1ccccc1NC(=O)[C@@H]1CCCN(S(=O)(=O)c2cn(CC)cn2)C1. The zero-order valence-corrected chi connectivity index (χ0v) is 16.6. The Hall–Kier alpha value is -2.19. The van der Waals surface area contributed by atoms with Gasteiger partial charge in [-0.3, -0.25) is 4.79 Å². The van der Waals surface area contributed by atoms with E-state index in [4.69, 9.17) is 0 Å². The number of para-hydroxylation sites is 1. The van der Waals surface area contributed by atoms with Crippen LogP contribution in [0.3, 0.4) is 0 Å². The zero-order valence-electron chi connectivity index (χ0n) is 15.8. The lowest BCUT2D eigenvalue weighted by atomic mass is 9.98. The average molecular weight is 391 g/mol. The van der Waals surface area contributed by atoms with Crippen molar-refractivity contribution in [3.8, 4) is 0 Å². The van der Waals surface area contributed by atoms with Crippen molar-refractivity contribution in [1.82, 2.24) is 13.9 Å². The number of benzene rings is 1. The van der Waals surface area contributed by atoms with Crippen molar-refractivity contribution in [3.63, 3.8) is 0 Å². The topological polar surface area (TPSA) is 84.3 Å². The molecule has 7 nitrogen and oxygen atoms in total. The standard InChI is InChI=1S/C19H26N4O3S/c1-3-15-8-5-6-10-17(15)21-19(24)16-9-7-11-23(12-16)27(25,26)18-13-22(4-2)14-20-18/h5-6,8,10,13-14,16H,3-4,7,9,11-12H2,1-2H3,(H,21,24)/t16-/m1/s1. The van der Waals surface area contributed by atoms with E-state index in [1.165, 1.54) is 16.8 Å². The number of amides is 1. The van der Waals surface area contributed by atoms with E-state index < -0.39 is 10.0 Å². The summed E-state index contributed by atoms with van der Waals surface area (Å²) in [4.78, 5) is 16.8. The molecule has 0 aliphatic carbocycles. The van der Waals surface area contributed by atoms with Crippen LogP contribution in [0.15, 0.2) is 41.8 Å². The monoisotopic (exact) mass is 390 g/mol. The molecule has 27 heavy (non-hydrogen) atoms. The molecule has 2 aromatic rings. The summed E-state index contributed by atoms with van der Waals surface area (Å²) in [5, 5.41) is 3.02. The van der Waals surface area contributed by atoms with E-state index in [1.54, 1.807) is 4.57 Å². The average Bonchev–Trinajstić information content (AvgIpc) is 3.18. The highest BCUT2D eigenvalue weighted by Crippen LogP contribution is 2.25. The lowest BCUT2D eigenvalue weighted by molar-refractivity contribution is -0.120. The number of anilines is 1. The highest BCUT2D eigenvalue weighted by Gasteiger charge is 2.34. The Bertz CT molecular complexity index is 907. The van der Waals surface area contributed by atoms with Crippen LogP contribution < -0.4 is 5.32 Å². The molecule has 1 amide bonds. The van der Waals surface area contributed by atoms with Gasteiger partial charge in [-0.1, -0.05) is 25.1 Å². The summed E-state index contributed by atoms with van der Waals surface area (Å²) in [7, 11) is -3.68. The van der Waals surface area contributed by atoms with Crippen molar-refractivity contribution in [1.29, 1.82) is 0 Å². The molecule has 1 aromatic heterocycles. The third kappa shape index (κ3) is 4.22. The molecule has 146 valence electrons. The van der Waals surface area contributed by atoms with Crippen LogP contribution in [-0.2, 0) is 27.8 Å². The first kappa shape index (κ1) is 19.6. The number of nitrogens with one attached hydrogen (secondary N) is 1. The van der Waals surface area contributed by atoms with E-state index in [2.05, 4.69) is 10.3 Å². The van der Waals surface area contributed by atoms with Crippen LogP contribution in [0.5, 0.6) is 0 Å². The third-order valence-corrected chi connectivity index (χ3v) is 6.74. The smallest absolute Gasteiger partial charge is 0.262 e. The zero-order chi connectivity index (χ0) is 19.4. The van der Waals surface area contributed by atoms with Gasteiger partial charge in [-0.15, -0.1) is 0 Å². The van der Waals surface area contributed by atoms with Gasteiger partial charge in [-0.05, 0) is 37.8 Å². The van der Waals surface area contributed by atoms with Crippen LogP contribution in [0.25, 0.3) is 0 Å². The molecule has 2 heterocycles. The number of nitrogens with zero attached hydrogens (tertiary/aromatic N) is 3. The van der Waals surface area contributed by atoms with Gasteiger partial charge in [-0.2, -0.15) is 4.31 Å². The summed E-state index contributed by atoms with van der Waals surface area (Å²) < 4.78 is 28.8. The van der Waals surface area contributed by atoms with Crippen LogP contribution in [0.1, 0.15) is 32.3 Å². The van der Waals surface area contributed by atoms with Crippen LogP contribution >= 0.6 is 0 Å². The second kappa shape index (κ2) is 8.22. The maximum absolute atomic E-state index is 12.9. The lowest BCUT2D eigenvalue weighted by Crippen LogP contribution is -2.43. The van der Waals surface area contributed by atoms with E-state index in [-0.39, 0.29) is 23.4 Å². The first-order valence-corrected chi connectivity index (χ1v) is 10.8. The predicted molar refractivity (Wildman–Crippen MR) is 104 cm³/mol. The van der Waals surface area contributed by atoms with Gasteiger partial charge < -0.3 is 9.88 Å². The summed E-state index contributed by atoms with van der Waals surface area (Å²) in [6.45, 7) is 5.21. The maximum atomic E-state index is 12.9. The maximum Gasteiger partial charge on any atom is 0.262 e. The molecule has 1 aromatic carbocycles. The number of hydrogen-bond acceptors (Lipinski definition) is 4. The van der Waals surface area contributed by atoms with Crippen LogP contribution in [0.4, 0.5) is 5.69 Å². The van der Waals surface area contributed by atoms with Gasteiger partial charge in [0.05, 0.1) is 12.2 Å². The normalized spacial score (nSPS) is 18.4. The largest absolute Gasteiger partial charge is 0.336 e. The minimum atomic E-state index is -3.68. The molecule has 8 heteroatoms. The Morgan fingerprint density at radius 2 is 2.07 bits per heavy atom. The van der Waals surface area contributed by atoms with Crippen molar-refractivity contribution in [2.45, 2.75) is 44.7 Å². The molecule has 1 N–H and O–H groups in total. The van der Waals surface area contributed by atoms with Crippen molar-refractivity contribution < 1.29 is 13.2 Å². The fraction of sp³-hybridized carbons (Fsp3) is 0.474. The molecule has 0 radical (unpaired) electrons. The lowest BCUT2D eigenvalue weighted by Gasteiger charge is -2.30. The second-order valence-corrected chi connectivity index (χ2v) is 8.63. The number of piperidine rings is 1. The van der Waals surface area contributed by atoms with Gasteiger partial charge in [0, 0.05) is 31.5 Å². The minimum Gasteiger partial charge on any atom is -0.336 e. The summed E-state index contributed by atoms with van der Waals surface area (Å²) in [6.07, 6.45) is 5.21. The van der Waals surface area contributed by atoms with Gasteiger partial charge in [0.25, 0.3) is 10.0 Å². The summed E-state index contributed by atoms with van der Waals surface area (Å²) >= 11 is 0. The number of carbonyl (C=O) groups is 1. The minimum absolute atomic E-state index is 0.0433. The fourth-order valence-corrected chi connectivity index (χ4v) is 4.80. The Labute approximate surface area is 160 Å². The highest BCUT2D eigenvalue weighted by atomic mass is 32.2. The molecule has 1 atom stereocenters. The Kier molecular flexibility index (Phi) is 5.96. The number of aromatic nitrogens is 2. The first-order chi connectivity index (χ1) is 13.0. The molecule has 0 saturated carbocycles. The van der Waals surface area contributed by atoms with E-state index in [1.807, 2.05) is 38.1 Å².